The van der Waals surface area contributed by atoms with Gasteiger partial charge in [0.25, 0.3) is 0 Å². The van der Waals surface area contributed by atoms with Crippen LogP contribution >= 0.6 is 0 Å². The number of Topliss-reactive ketones (excluding diaryl/α,β-unsaturated/α-hetero) is 1. The van der Waals surface area contributed by atoms with E-state index in [1.54, 1.807) is 6.92 Å². The van der Waals surface area contributed by atoms with Gasteiger partial charge in [0.2, 0.25) is 0 Å². The molecule has 0 amide bonds. The Kier molecular flexibility index (Phi) is 6.19. The molecule has 1 nitrogen and oxygen atoms in total. The Morgan fingerprint density at radius 1 is 1.55 bits per heavy atom. The van der Waals surface area contributed by atoms with Crippen molar-refractivity contribution in [1.29, 1.82) is 0 Å². The minimum Gasteiger partial charge on any atom is -0.300 e. The number of carbonyl (C=O) groups excluding carboxylic acids is 1. The summed E-state index contributed by atoms with van der Waals surface area (Å²) in [6.07, 6.45) is 6.49. The van der Waals surface area contributed by atoms with Gasteiger partial charge in [-0.15, -0.1) is 0 Å². The van der Waals surface area contributed by atoms with E-state index in [1.165, 1.54) is 0 Å². The molecular weight excluding hydrogens is 136 g/mol. The predicted molar refractivity (Wildman–Crippen MR) is 48.3 cm³/mol. The molecule has 0 fully saturated rings. The molecule has 0 heterocycles. The molecule has 0 aliphatic rings. The van der Waals surface area contributed by atoms with Crippen LogP contribution in [0.25, 0.3) is 0 Å². The fraction of sp³-hybridized carbons (Fsp3) is 0.800. The van der Waals surface area contributed by atoms with Gasteiger partial charge in [-0.2, -0.15) is 0 Å². The highest BCUT2D eigenvalue weighted by molar-refractivity contribution is 5.75. The van der Waals surface area contributed by atoms with Crippen LogP contribution in [0.1, 0.15) is 46.5 Å². The standard InChI is InChI=1S/C10H19O/c1-4-5-6-7-9(2)8-10(3)11/h5,9H,4,6-8H2,1-3H3. The van der Waals surface area contributed by atoms with Gasteiger partial charge in [0.05, 0.1) is 0 Å². The average molecular weight is 155 g/mol. The first-order valence-electron chi connectivity index (χ1n) is 4.48. The Labute approximate surface area is 70.2 Å². The van der Waals surface area contributed by atoms with E-state index < -0.39 is 0 Å². The van der Waals surface area contributed by atoms with Crippen LogP contribution < -0.4 is 0 Å². The quantitative estimate of drug-likeness (QED) is 0.539. The maximum atomic E-state index is 10.7. The number of hydrogen-bond acceptors (Lipinski definition) is 1. The van der Waals surface area contributed by atoms with Gasteiger partial charge >= 0.3 is 0 Å². The lowest BCUT2D eigenvalue weighted by atomic mass is 9.98. The SMILES string of the molecule is CC[CH]CCC(C)CC(C)=O. The molecule has 0 aromatic rings. The normalized spacial score (nSPS) is 13.0. The molecule has 0 rings (SSSR count). The number of unbranched alkanes of at least 4 members (excludes halogenated alkanes) is 2. The fourth-order valence-corrected chi connectivity index (χ4v) is 1.20. The van der Waals surface area contributed by atoms with Crippen LogP contribution in [0.3, 0.4) is 0 Å². The molecule has 1 heteroatoms. The van der Waals surface area contributed by atoms with Crippen LogP contribution in [0.15, 0.2) is 0 Å². The first-order chi connectivity index (χ1) is 5.16. The summed E-state index contributed by atoms with van der Waals surface area (Å²) < 4.78 is 0. The van der Waals surface area contributed by atoms with E-state index in [1.807, 2.05) is 0 Å². The zero-order chi connectivity index (χ0) is 8.69. The van der Waals surface area contributed by atoms with Gasteiger partial charge in [-0.25, -0.2) is 0 Å². The Balaban J connectivity index is 3.22. The average Bonchev–Trinajstić information content (AvgIpc) is 1.86. The first-order valence-corrected chi connectivity index (χ1v) is 4.48. The predicted octanol–water partition coefficient (Wildman–Crippen LogP) is 3.00. The molecule has 11 heavy (non-hydrogen) atoms. The largest absolute Gasteiger partial charge is 0.300 e. The topological polar surface area (TPSA) is 17.1 Å². The second-order valence-corrected chi connectivity index (χ2v) is 3.29. The van der Waals surface area contributed by atoms with Crippen LogP contribution in [-0.2, 0) is 4.79 Å². The van der Waals surface area contributed by atoms with Gasteiger partial charge in [-0.1, -0.05) is 26.7 Å². The van der Waals surface area contributed by atoms with Gasteiger partial charge in [-0.3, -0.25) is 0 Å². The summed E-state index contributed by atoms with van der Waals surface area (Å²) >= 11 is 0. The van der Waals surface area contributed by atoms with Crippen molar-refractivity contribution in [2.45, 2.75) is 46.5 Å². The molecule has 1 atom stereocenters. The minimum atomic E-state index is 0.314. The second kappa shape index (κ2) is 6.38. The van der Waals surface area contributed by atoms with Crippen LogP contribution in [0.4, 0.5) is 0 Å². The van der Waals surface area contributed by atoms with Gasteiger partial charge in [0, 0.05) is 6.42 Å². The third-order valence-electron chi connectivity index (χ3n) is 1.79. The Morgan fingerprint density at radius 3 is 2.64 bits per heavy atom. The van der Waals surface area contributed by atoms with Crippen molar-refractivity contribution >= 4 is 5.78 Å². The van der Waals surface area contributed by atoms with E-state index in [9.17, 15) is 4.79 Å². The molecule has 0 aliphatic carbocycles. The van der Waals surface area contributed by atoms with Gasteiger partial charge in [0.1, 0.15) is 5.78 Å². The first kappa shape index (κ1) is 10.7. The molecule has 1 unspecified atom stereocenters. The number of rotatable bonds is 6. The maximum Gasteiger partial charge on any atom is 0.130 e. The van der Waals surface area contributed by atoms with Crippen molar-refractivity contribution < 1.29 is 4.79 Å². The molecule has 0 saturated carbocycles. The summed E-state index contributed by atoms with van der Waals surface area (Å²) in [4.78, 5) is 10.7. The second-order valence-electron chi connectivity index (χ2n) is 3.29. The van der Waals surface area contributed by atoms with E-state index >= 15 is 0 Å². The van der Waals surface area contributed by atoms with Crippen LogP contribution in [0, 0.1) is 12.3 Å². The zero-order valence-corrected chi connectivity index (χ0v) is 7.89. The monoisotopic (exact) mass is 155 g/mol. The molecular formula is C10H19O. The molecule has 0 saturated heterocycles. The van der Waals surface area contributed by atoms with Gasteiger partial charge < -0.3 is 4.79 Å². The third kappa shape index (κ3) is 7.57. The van der Waals surface area contributed by atoms with Gasteiger partial charge in [0.15, 0.2) is 0 Å². The Hall–Kier alpha value is -0.330. The van der Waals surface area contributed by atoms with E-state index in [2.05, 4.69) is 20.3 Å². The highest BCUT2D eigenvalue weighted by Gasteiger charge is 2.03. The van der Waals surface area contributed by atoms with E-state index in [0.29, 0.717) is 11.7 Å². The number of ketones is 1. The Bertz CT molecular complexity index is 107. The lowest BCUT2D eigenvalue weighted by Crippen LogP contribution is -2.01. The maximum absolute atomic E-state index is 10.7. The summed E-state index contributed by atoms with van der Waals surface area (Å²) in [5.41, 5.74) is 0. The lowest BCUT2D eigenvalue weighted by molar-refractivity contribution is -0.117. The molecule has 65 valence electrons. The Morgan fingerprint density at radius 2 is 2.18 bits per heavy atom. The summed E-state index contributed by atoms with van der Waals surface area (Å²) in [6, 6.07) is 0. The number of hydrogen-bond donors (Lipinski definition) is 0. The third-order valence-corrected chi connectivity index (χ3v) is 1.79. The van der Waals surface area contributed by atoms with Crippen molar-refractivity contribution in [1.82, 2.24) is 0 Å². The zero-order valence-electron chi connectivity index (χ0n) is 7.89. The van der Waals surface area contributed by atoms with Crippen molar-refractivity contribution in [3.8, 4) is 0 Å². The molecule has 0 aromatic carbocycles. The van der Waals surface area contributed by atoms with Crippen molar-refractivity contribution in [3.63, 3.8) is 0 Å². The molecule has 0 aliphatic heterocycles. The summed E-state index contributed by atoms with van der Waals surface area (Å²) in [7, 11) is 0. The lowest BCUT2D eigenvalue weighted by Gasteiger charge is -2.07. The van der Waals surface area contributed by atoms with Crippen LogP contribution in [0.2, 0.25) is 0 Å². The highest BCUT2D eigenvalue weighted by Crippen LogP contribution is 2.12. The molecule has 0 aromatic heterocycles. The van der Waals surface area contributed by atoms with E-state index in [4.69, 9.17) is 0 Å². The van der Waals surface area contributed by atoms with Crippen molar-refractivity contribution in [2.75, 3.05) is 0 Å². The molecule has 0 bridgehead atoms. The minimum absolute atomic E-state index is 0.314. The summed E-state index contributed by atoms with van der Waals surface area (Å²) in [5, 5.41) is 0. The van der Waals surface area contributed by atoms with Crippen LogP contribution in [-0.4, -0.2) is 5.78 Å². The van der Waals surface area contributed by atoms with E-state index in [-0.39, 0.29) is 0 Å². The van der Waals surface area contributed by atoms with Crippen LogP contribution in [0.5, 0.6) is 0 Å². The smallest absolute Gasteiger partial charge is 0.130 e. The van der Waals surface area contributed by atoms with E-state index in [0.717, 1.165) is 25.7 Å². The summed E-state index contributed by atoms with van der Waals surface area (Å²) in [6.45, 7) is 5.96. The highest BCUT2D eigenvalue weighted by atomic mass is 16.1. The summed E-state index contributed by atoms with van der Waals surface area (Å²) in [5.74, 6) is 0.879. The molecule has 0 spiro atoms. The van der Waals surface area contributed by atoms with Gasteiger partial charge in [-0.05, 0) is 25.7 Å². The van der Waals surface area contributed by atoms with Crippen molar-refractivity contribution in [2.24, 2.45) is 5.92 Å². The fourth-order valence-electron chi connectivity index (χ4n) is 1.20. The van der Waals surface area contributed by atoms with Crippen molar-refractivity contribution in [3.05, 3.63) is 6.42 Å². The molecule has 1 radical (unpaired) electrons. The number of carbonyl (C=O) groups is 1. The molecule has 0 N–H and O–H groups in total.